The standard InChI is InChI=1S/C19H23N3.C13H19ClN2.C12H17N3O2.C11H15N3O2.C10H13ClN2/c1-14-6-8-18(16(3)10-14)20-12-22(5)13-21-19-9-7-15(2)11-17(19)4;1-4-5-8-16(3)10-15-13-7-6-12(14)9-11(13)2;1-9-7-10(17-12(16)13-2)5-6-11(9)14-8-15(3)4;1-12-11(15)16-10-6-4-5-9(7-10)13-8-14(2)3;1-8-6-9(11)4-5-10(8)12-7-13(2)3/h6-13H,1-5H3;6-7,9-10H,4-5,8H2,1-3H3;5-8H,1-4H3,(H,13,16);4-8H,1-3H3,(H,12,15);4-7H,1-3H3. The van der Waals surface area contributed by atoms with Gasteiger partial charge in [0.05, 0.1) is 72.2 Å². The lowest BCUT2D eigenvalue weighted by molar-refractivity contribution is 0.202. The Morgan fingerprint density at radius 1 is 0.452 bits per heavy atom. The molecule has 0 aromatic heterocycles. The summed E-state index contributed by atoms with van der Waals surface area (Å²) < 4.78 is 9.99. The first kappa shape index (κ1) is 71.6. The molecule has 6 aromatic carbocycles. The maximum absolute atomic E-state index is 11.0. The van der Waals surface area contributed by atoms with Gasteiger partial charge in [0.25, 0.3) is 0 Å². The lowest BCUT2D eigenvalue weighted by atomic mass is 10.1. The minimum absolute atomic E-state index is 0.466. The Morgan fingerprint density at radius 3 is 1.21 bits per heavy atom. The molecule has 17 nitrogen and oxygen atoms in total. The lowest BCUT2D eigenvalue weighted by Gasteiger charge is -2.11. The number of carbonyl (C=O) groups is 2. The summed E-state index contributed by atoms with van der Waals surface area (Å²) in [4.78, 5) is 57.8. The van der Waals surface area contributed by atoms with Crippen molar-refractivity contribution in [1.29, 1.82) is 0 Å². The topological polar surface area (TPSA) is 167 Å². The van der Waals surface area contributed by atoms with E-state index in [-0.39, 0.29) is 0 Å². The Bertz CT molecular complexity index is 3110. The molecule has 0 saturated carbocycles. The number of aryl methyl sites for hydroxylation is 7. The second kappa shape index (κ2) is 39.0. The van der Waals surface area contributed by atoms with Crippen molar-refractivity contribution in [3.63, 3.8) is 0 Å². The Hall–Kier alpha value is -8.54. The molecule has 0 aliphatic carbocycles. The summed E-state index contributed by atoms with van der Waals surface area (Å²) in [6, 6.07) is 36.2. The van der Waals surface area contributed by atoms with E-state index in [1.54, 1.807) is 62.0 Å². The molecule has 6 rings (SSSR count). The van der Waals surface area contributed by atoms with Crippen molar-refractivity contribution in [3.05, 3.63) is 164 Å². The molecule has 6 aromatic rings. The van der Waals surface area contributed by atoms with Gasteiger partial charge in [-0.3, -0.25) is 0 Å². The van der Waals surface area contributed by atoms with Crippen LogP contribution in [0.15, 0.2) is 145 Å². The summed E-state index contributed by atoms with van der Waals surface area (Å²) >= 11 is 11.7. The summed E-state index contributed by atoms with van der Waals surface area (Å²) in [5.41, 5.74) is 13.5. The first-order valence-electron chi connectivity index (χ1n) is 27.2. The normalized spacial score (nSPS) is 10.8. The van der Waals surface area contributed by atoms with Crippen LogP contribution >= 0.6 is 23.2 Å². The van der Waals surface area contributed by atoms with E-state index < -0.39 is 12.2 Å². The van der Waals surface area contributed by atoms with Crippen molar-refractivity contribution in [3.8, 4) is 11.5 Å². The van der Waals surface area contributed by atoms with Crippen LogP contribution in [0.25, 0.3) is 0 Å². The van der Waals surface area contributed by atoms with E-state index in [9.17, 15) is 9.59 Å². The van der Waals surface area contributed by atoms with Crippen molar-refractivity contribution in [2.75, 3.05) is 77.0 Å². The molecule has 84 heavy (non-hydrogen) atoms. The van der Waals surface area contributed by atoms with Crippen LogP contribution < -0.4 is 20.1 Å². The van der Waals surface area contributed by atoms with Gasteiger partial charge in [-0.05, 0) is 162 Å². The van der Waals surface area contributed by atoms with Crippen LogP contribution in [0.5, 0.6) is 11.5 Å². The van der Waals surface area contributed by atoms with E-state index in [2.05, 4.69) is 104 Å². The third-order valence-corrected chi connectivity index (χ3v) is 11.6. The Kier molecular flexibility index (Phi) is 33.3. The number of unbranched alkanes of at least 4 members (excludes halogenated alkanes) is 1. The second-order valence-electron chi connectivity index (χ2n) is 20.0. The number of aliphatic imine (C=N–C) groups is 6. The number of rotatable bonds is 17. The smallest absolute Gasteiger partial charge is 0.410 e. The number of amides is 2. The number of nitrogens with one attached hydrogen (secondary N) is 2. The average molecular weight is 1190 g/mol. The molecular formula is C65H87Cl2N13O4. The zero-order valence-electron chi connectivity index (χ0n) is 52.4. The van der Waals surface area contributed by atoms with Crippen molar-refractivity contribution in [1.82, 2.24) is 35.1 Å². The van der Waals surface area contributed by atoms with E-state index in [1.807, 2.05) is 164 Å². The van der Waals surface area contributed by atoms with E-state index in [0.717, 1.165) is 67.4 Å². The highest BCUT2D eigenvalue weighted by atomic mass is 35.5. The Labute approximate surface area is 510 Å². The summed E-state index contributed by atoms with van der Waals surface area (Å²) in [5, 5.41) is 6.28. The predicted molar refractivity (Wildman–Crippen MR) is 357 cm³/mol. The molecule has 0 aliphatic rings. The largest absolute Gasteiger partial charge is 0.412 e. The number of hydrogen-bond acceptors (Lipinski definition) is 10. The highest BCUT2D eigenvalue weighted by molar-refractivity contribution is 6.31. The fraction of sp³-hybridized carbons (Fsp3) is 0.323. The van der Waals surface area contributed by atoms with E-state index >= 15 is 0 Å². The maximum atomic E-state index is 11.0. The molecule has 0 atom stereocenters. The van der Waals surface area contributed by atoms with Gasteiger partial charge in [0.2, 0.25) is 0 Å². The number of nitrogens with zero attached hydrogens (tertiary/aromatic N) is 11. The summed E-state index contributed by atoms with van der Waals surface area (Å²) in [6.45, 7) is 17.5. The molecule has 450 valence electrons. The van der Waals surface area contributed by atoms with Gasteiger partial charge in [-0.1, -0.05) is 78.0 Å². The van der Waals surface area contributed by atoms with Crippen molar-refractivity contribution in [2.45, 2.75) is 68.2 Å². The molecule has 0 spiro atoms. The Balaban J connectivity index is 0.000000362. The number of carbonyl (C=O) groups excluding carboxylic acids is 2. The summed E-state index contributed by atoms with van der Waals surface area (Å²) in [5.74, 6) is 0.971. The average Bonchev–Trinajstić information content (AvgIpc) is 3.66. The van der Waals surface area contributed by atoms with Gasteiger partial charge in [0.1, 0.15) is 11.5 Å². The fourth-order valence-electron chi connectivity index (χ4n) is 6.71. The fourth-order valence-corrected chi connectivity index (χ4v) is 7.16. The van der Waals surface area contributed by atoms with Crippen LogP contribution in [0.4, 0.5) is 43.7 Å². The predicted octanol–water partition coefficient (Wildman–Crippen LogP) is 15.3. The highest BCUT2D eigenvalue weighted by Gasteiger charge is 2.05. The highest BCUT2D eigenvalue weighted by Crippen LogP contribution is 2.26. The van der Waals surface area contributed by atoms with Crippen LogP contribution in [-0.2, 0) is 0 Å². The maximum Gasteiger partial charge on any atom is 0.412 e. The molecule has 0 radical (unpaired) electrons. The van der Waals surface area contributed by atoms with Crippen LogP contribution in [0, 0.1) is 48.5 Å². The van der Waals surface area contributed by atoms with Crippen LogP contribution in [-0.4, -0.2) is 152 Å². The molecule has 2 amide bonds. The van der Waals surface area contributed by atoms with Gasteiger partial charge in [0.15, 0.2) is 0 Å². The first-order chi connectivity index (χ1) is 39.8. The summed E-state index contributed by atoms with van der Waals surface area (Å²) in [6.07, 6.45) is 12.1. The van der Waals surface area contributed by atoms with Gasteiger partial charge >= 0.3 is 12.2 Å². The van der Waals surface area contributed by atoms with Gasteiger partial charge in [-0.2, -0.15) is 0 Å². The van der Waals surface area contributed by atoms with Crippen LogP contribution in [0.3, 0.4) is 0 Å². The van der Waals surface area contributed by atoms with Gasteiger partial charge in [-0.15, -0.1) is 0 Å². The van der Waals surface area contributed by atoms with Crippen LogP contribution in [0.1, 0.15) is 58.7 Å². The van der Waals surface area contributed by atoms with E-state index in [1.165, 1.54) is 49.2 Å². The van der Waals surface area contributed by atoms with Gasteiger partial charge < -0.3 is 44.6 Å². The van der Waals surface area contributed by atoms with Gasteiger partial charge in [0, 0.05) is 93.1 Å². The van der Waals surface area contributed by atoms with Crippen molar-refractivity contribution in [2.24, 2.45) is 30.0 Å². The molecular weight excluding hydrogens is 1100 g/mol. The molecule has 0 saturated heterocycles. The first-order valence-corrected chi connectivity index (χ1v) is 27.9. The number of benzene rings is 6. The minimum atomic E-state index is -0.492. The summed E-state index contributed by atoms with van der Waals surface area (Å²) in [7, 11) is 18.5. The third kappa shape index (κ3) is 30.5. The van der Waals surface area contributed by atoms with E-state index in [4.69, 9.17) is 32.7 Å². The Morgan fingerprint density at radius 2 is 0.821 bits per heavy atom. The molecule has 0 fully saturated rings. The molecule has 2 N–H and O–H groups in total. The van der Waals surface area contributed by atoms with Crippen molar-refractivity contribution >= 4 is 108 Å². The minimum Gasteiger partial charge on any atom is -0.410 e. The molecule has 0 heterocycles. The molecule has 0 bridgehead atoms. The van der Waals surface area contributed by atoms with E-state index in [0.29, 0.717) is 11.5 Å². The number of halogens is 2. The SMILES string of the molecule is CCCCN(C)C=Nc1ccc(Cl)cc1C.CNC(=O)Oc1ccc(N=CN(C)C)c(C)c1.CNC(=O)Oc1cccc(N=CN(C)C)c1.Cc1cc(Cl)ccc1N=CN(C)C.Cc1ccc(N=CN(C)C=Nc2ccc(C)cc2C)c(C)c1. The van der Waals surface area contributed by atoms with Crippen LogP contribution in [0.2, 0.25) is 10.0 Å². The van der Waals surface area contributed by atoms with Crippen molar-refractivity contribution < 1.29 is 19.1 Å². The zero-order chi connectivity index (χ0) is 62.7. The molecule has 0 unspecified atom stereocenters. The lowest BCUT2D eigenvalue weighted by Crippen LogP contribution is -2.21. The quantitative estimate of drug-likeness (QED) is 0.0667. The second-order valence-corrected chi connectivity index (χ2v) is 20.9. The van der Waals surface area contributed by atoms with Gasteiger partial charge in [-0.25, -0.2) is 39.5 Å². The molecule has 19 heteroatoms. The number of ether oxygens (including phenoxy) is 2. The monoisotopic (exact) mass is 1180 g/mol. The zero-order valence-corrected chi connectivity index (χ0v) is 53.9. The number of hydrogen-bond donors (Lipinski definition) is 2. The molecule has 0 aliphatic heterocycles. The third-order valence-electron chi connectivity index (χ3n) is 11.1.